The fourth-order valence-electron chi connectivity index (χ4n) is 3.33. The number of nitro groups is 1. The molecule has 0 unspecified atom stereocenters. The molecule has 0 N–H and O–H groups in total. The smallest absolute Gasteiger partial charge is 0.269 e. The lowest BCUT2D eigenvalue weighted by atomic mass is 10.3. The number of non-ortho nitro benzene ring substituents is 1. The van der Waals surface area contributed by atoms with Gasteiger partial charge in [-0.2, -0.15) is 8.99 Å². The minimum atomic E-state index is -3.75. The summed E-state index contributed by atoms with van der Waals surface area (Å²) in [6, 6.07) is 10.8. The molecular weight excluding hydrogens is 429 g/mol. The zero-order valence-corrected chi connectivity index (χ0v) is 17.0. The van der Waals surface area contributed by atoms with Crippen LogP contribution in [-0.2, 0) is 16.6 Å². The molecule has 0 spiro atoms. The molecule has 0 amide bonds. The lowest BCUT2D eigenvalue weighted by Crippen LogP contribution is -2.48. The number of halogens is 1. The van der Waals surface area contributed by atoms with Crippen LogP contribution in [0.25, 0.3) is 5.69 Å². The van der Waals surface area contributed by atoms with Crippen LogP contribution in [0.5, 0.6) is 0 Å². The van der Waals surface area contributed by atoms with Gasteiger partial charge in [0.2, 0.25) is 10.0 Å². The van der Waals surface area contributed by atoms with Gasteiger partial charge in [0, 0.05) is 38.3 Å². The molecule has 0 radical (unpaired) electrons. The maximum absolute atomic E-state index is 13.5. The molecule has 0 aliphatic carbocycles. The van der Waals surface area contributed by atoms with E-state index < -0.39 is 20.8 Å². The van der Waals surface area contributed by atoms with E-state index in [2.05, 4.69) is 15.5 Å². The Morgan fingerprint density at radius 1 is 1.06 bits per heavy atom. The number of tetrazole rings is 1. The summed E-state index contributed by atoms with van der Waals surface area (Å²) in [5.41, 5.74) is 0.333. The normalized spacial score (nSPS) is 15.8. The molecule has 0 bridgehead atoms. The fourth-order valence-corrected chi connectivity index (χ4v) is 4.75. The van der Waals surface area contributed by atoms with Gasteiger partial charge in [-0.15, -0.1) is 5.10 Å². The van der Waals surface area contributed by atoms with Crippen LogP contribution in [0.2, 0.25) is 0 Å². The average molecular weight is 447 g/mol. The van der Waals surface area contributed by atoms with E-state index >= 15 is 0 Å². The van der Waals surface area contributed by atoms with Crippen molar-refractivity contribution in [1.82, 2.24) is 29.4 Å². The molecule has 2 aromatic carbocycles. The van der Waals surface area contributed by atoms with E-state index in [1.807, 2.05) is 4.90 Å². The quantitative estimate of drug-likeness (QED) is 0.408. The first-order valence-electron chi connectivity index (χ1n) is 9.35. The molecule has 3 aromatic rings. The number of nitrogens with zero attached hydrogens (tertiary/aromatic N) is 7. The highest BCUT2D eigenvalue weighted by molar-refractivity contribution is 7.89. The molecule has 1 saturated heterocycles. The highest BCUT2D eigenvalue weighted by Crippen LogP contribution is 2.21. The van der Waals surface area contributed by atoms with E-state index in [1.54, 1.807) is 12.1 Å². The van der Waals surface area contributed by atoms with Gasteiger partial charge in [-0.25, -0.2) is 12.8 Å². The first-order valence-corrected chi connectivity index (χ1v) is 10.8. The highest BCUT2D eigenvalue weighted by atomic mass is 32.2. The van der Waals surface area contributed by atoms with Gasteiger partial charge >= 0.3 is 0 Å². The molecule has 11 nitrogen and oxygen atoms in total. The van der Waals surface area contributed by atoms with Crippen LogP contribution in [0, 0.1) is 15.9 Å². The Balaban J connectivity index is 1.41. The third-order valence-corrected chi connectivity index (χ3v) is 6.88. The summed E-state index contributed by atoms with van der Waals surface area (Å²) in [5, 5.41) is 22.4. The summed E-state index contributed by atoms with van der Waals surface area (Å²) in [6.45, 7) is 1.76. The number of aromatic nitrogens is 4. The first kappa shape index (κ1) is 21.0. The summed E-state index contributed by atoms with van der Waals surface area (Å²) in [6.07, 6.45) is 0. The maximum Gasteiger partial charge on any atom is 0.269 e. The van der Waals surface area contributed by atoms with Gasteiger partial charge in [0.1, 0.15) is 5.82 Å². The van der Waals surface area contributed by atoms with E-state index in [0.29, 0.717) is 31.1 Å². The van der Waals surface area contributed by atoms with Crippen molar-refractivity contribution >= 4 is 15.7 Å². The monoisotopic (exact) mass is 447 g/mol. The number of nitro benzene ring substituents is 1. The van der Waals surface area contributed by atoms with Gasteiger partial charge < -0.3 is 0 Å². The number of hydrogen-bond acceptors (Lipinski definition) is 8. The molecule has 162 valence electrons. The van der Waals surface area contributed by atoms with Crippen molar-refractivity contribution in [1.29, 1.82) is 0 Å². The van der Waals surface area contributed by atoms with Crippen LogP contribution in [0.3, 0.4) is 0 Å². The Bertz CT molecular complexity index is 1190. The standard InChI is InChI=1S/C18H18FN7O4S/c19-14-2-1-3-16(12-14)25-18(20-21-22-25)13-23-8-10-24(11-9-23)31(29,30)17-6-4-15(5-7-17)26(27)28/h1-7,12H,8-11,13H2. The van der Waals surface area contributed by atoms with Crippen molar-refractivity contribution < 1.29 is 17.7 Å². The van der Waals surface area contributed by atoms with E-state index in [0.717, 1.165) is 0 Å². The molecule has 1 aliphatic rings. The van der Waals surface area contributed by atoms with E-state index in [9.17, 15) is 22.9 Å². The molecule has 1 fully saturated rings. The average Bonchev–Trinajstić information content (AvgIpc) is 3.22. The maximum atomic E-state index is 13.5. The van der Waals surface area contributed by atoms with Crippen molar-refractivity contribution in [3.63, 3.8) is 0 Å². The van der Waals surface area contributed by atoms with Gasteiger partial charge in [-0.3, -0.25) is 15.0 Å². The number of sulfonamides is 1. The second-order valence-corrected chi connectivity index (χ2v) is 8.86. The topological polar surface area (TPSA) is 127 Å². The Hall–Kier alpha value is -3.29. The number of benzene rings is 2. The van der Waals surface area contributed by atoms with Gasteiger partial charge in [-0.05, 0) is 40.8 Å². The van der Waals surface area contributed by atoms with Crippen LogP contribution < -0.4 is 0 Å². The largest absolute Gasteiger partial charge is 0.293 e. The molecule has 0 atom stereocenters. The van der Waals surface area contributed by atoms with Crippen molar-refractivity contribution in [3.05, 3.63) is 70.3 Å². The molecule has 13 heteroatoms. The molecule has 0 saturated carbocycles. The minimum Gasteiger partial charge on any atom is -0.293 e. The summed E-state index contributed by atoms with van der Waals surface area (Å²) in [7, 11) is -3.75. The molecule has 4 rings (SSSR count). The van der Waals surface area contributed by atoms with Crippen molar-refractivity contribution in [3.8, 4) is 5.69 Å². The second-order valence-electron chi connectivity index (χ2n) is 6.92. The van der Waals surface area contributed by atoms with Crippen molar-refractivity contribution in [2.75, 3.05) is 26.2 Å². The van der Waals surface area contributed by atoms with Crippen LogP contribution >= 0.6 is 0 Å². The van der Waals surface area contributed by atoms with Crippen LogP contribution in [0.4, 0.5) is 10.1 Å². The summed E-state index contributed by atoms with van der Waals surface area (Å²) in [5.74, 6) is 0.112. The second kappa shape index (κ2) is 8.45. The Labute approximate surface area is 176 Å². The summed E-state index contributed by atoms with van der Waals surface area (Å²) in [4.78, 5) is 12.2. The Kier molecular flexibility index (Phi) is 5.71. The Morgan fingerprint density at radius 2 is 1.77 bits per heavy atom. The number of rotatable bonds is 6. The fraction of sp³-hybridized carbons (Fsp3) is 0.278. The number of piperazine rings is 1. The zero-order chi connectivity index (χ0) is 22.0. The molecule has 1 aliphatic heterocycles. The molecule has 31 heavy (non-hydrogen) atoms. The molecule has 2 heterocycles. The van der Waals surface area contributed by atoms with Crippen molar-refractivity contribution in [2.45, 2.75) is 11.4 Å². The van der Waals surface area contributed by atoms with E-state index in [4.69, 9.17) is 0 Å². The van der Waals surface area contributed by atoms with Crippen LogP contribution in [-0.4, -0.2) is 68.9 Å². The zero-order valence-electron chi connectivity index (χ0n) is 16.2. The predicted molar refractivity (Wildman–Crippen MR) is 106 cm³/mol. The van der Waals surface area contributed by atoms with Crippen molar-refractivity contribution in [2.24, 2.45) is 0 Å². The van der Waals surface area contributed by atoms with Gasteiger partial charge in [0.15, 0.2) is 5.82 Å². The first-order chi connectivity index (χ1) is 14.8. The lowest BCUT2D eigenvalue weighted by molar-refractivity contribution is -0.384. The third-order valence-electron chi connectivity index (χ3n) is 4.97. The summed E-state index contributed by atoms with van der Waals surface area (Å²) >= 11 is 0. The van der Waals surface area contributed by atoms with E-state index in [-0.39, 0.29) is 23.7 Å². The lowest BCUT2D eigenvalue weighted by Gasteiger charge is -2.33. The van der Waals surface area contributed by atoms with Gasteiger partial charge in [0.05, 0.1) is 22.1 Å². The molecular formula is C18H18FN7O4S. The molecule has 1 aromatic heterocycles. The number of hydrogen-bond donors (Lipinski definition) is 0. The SMILES string of the molecule is O=[N+]([O-])c1ccc(S(=O)(=O)N2CCN(Cc3nnnn3-c3cccc(F)c3)CC2)cc1. The summed E-state index contributed by atoms with van der Waals surface area (Å²) < 4.78 is 42.0. The van der Waals surface area contributed by atoms with Crippen LogP contribution in [0.1, 0.15) is 5.82 Å². The van der Waals surface area contributed by atoms with Gasteiger partial charge in [0.25, 0.3) is 5.69 Å². The van der Waals surface area contributed by atoms with Crippen LogP contribution in [0.15, 0.2) is 53.4 Å². The predicted octanol–water partition coefficient (Wildman–Crippen LogP) is 1.22. The highest BCUT2D eigenvalue weighted by Gasteiger charge is 2.29. The van der Waals surface area contributed by atoms with E-state index in [1.165, 1.54) is 45.4 Å². The minimum absolute atomic E-state index is 0.0154. The Morgan fingerprint density at radius 3 is 2.42 bits per heavy atom. The third kappa shape index (κ3) is 4.42. The van der Waals surface area contributed by atoms with Gasteiger partial charge in [-0.1, -0.05) is 6.07 Å².